The molecule has 0 spiro atoms. The Hall–Kier alpha value is -3.72. The molecule has 0 saturated carbocycles. The number of aromatic nitrogens is 2. The van der Waals surface area contributed by atoms with Crippen molar-refractivity contribution in [3.05, 3.63) is 77.5 Å². The largest absolute Gasteiger partial charge is 0.338 e. The van der Waals surface area contributed by atoms with Gasteiger partial charge in [0.2, 0.25) is 0 Å². The Morgan fingerprint density at radius 2 is 1.61 bits per heavy atom. The molecular formula is C22H21N5O. The van der Waals surface area contributed by atoms with Crippen LogP contribution in [0.15, 0.2) is 60.7 Å². The maximum absolute atomic E-state index is 12.6. The van der Waals surface area contributed by atoms with E-state index in [4.69, 9.17) is 5.26 Å². The van der Waals surface area contributed by atoms with Gasteiger partial charge in [-0.3, -0.25) is 4.79 Å². The van der Waals surface area contributed by atoms with Gasteiger partial charge in [-0.15, -0.1) is 10.2 Å². The normalized spacial score (nSPS) is 10.8. The van der Waals surface area contributed by atoms with E-state index in [-0.39, 0.29) is 17.0 Å². The minimum atomic E-state index is -0.326. The Balaban J connectivity index is 1.76. The maximum atomic E-state index is 12.6. The predicted molar refractivity (Wildman–Crippen MR) is 110 cm³/mol. The molecule has 0 fully saturated rings. The van der Waals surface area contributed by atoms with Gasteiger partial charge in [-0.25, -0.2) is 0 Å². The summed E-state index contributed by atoms with van der Waals surface area (Å²) in [5.41, 5.74) is 3.05. The van der Waals surface area contributed by atoms with Crippen LogP contribution in [0.2, 0.25) is 0 Å². The first kappa shape index (κ1) is 19.1. The molecule has 0 atom stereocenters. The number of nitriles is 1. The molecule has 3 aromatic rings. The number of nitrogens with zero attached hydrogens (tertiary/aromatic N) is 3. The zero-order valence-electron chi connectivity index (χ0n) is 16.0. The molecule has 0 aliphatic heterocycles. The summed E-state index contributed by atoms with van der Waals surface area (Å²) in [6.45, 7) is 6.28. The smallest absolute Gasteiger partial charge is 0.276 e. The van der Waals surface area contributed by atoms with Gasteiger partial charge >= 0.3 is 0 Å². The minimum Gasteiger partial charge on any atom is -0.338 e. The number of para-hydroxylation sites is 2. The summed E-state index contributed by atoms with van der Waals surface area (Å²) in [6, 6.07) is 20.2. The van der Waals surface area contributed by atoms with Crippen molar-refractivity contribution in [2.75, 3.05) is 10.6 Å². The minimum absolute atomic E-state index is 0.0997. The molecule has 2 N–H and O–H groups in total. The fourth-order valence-electron chi connectivity index (χ4n) is 2.78. The number of amides is 1. The van der Waals surface area contributed by atoms with Gasteiger partial charge in [0.1, 0.15) is 6.07 Å². The van der Waals surface area contributed by atoms with E-state index in [2.05, 4.69) is 47.7 Å². The van der Waals surface area contributed by atoms with E-state index in [0.29, 0.717) is 17.1 Å². The van der Waals surface area contributed by atoms with Gasteiger partial charge < -0.3 is 10.6 Å². The van der Waals surface area contributed by atoms with Crippen molar-refractivity contribution in [3.8, 4) is 6.07 Å². The lowest BCUT2D eigenvalue weighted by Gasteiger charge is -2.22. The Morgan fingerprint density at radius 3 is 2.25 bits per heavy atom. The van der Waals surface area contributed by atoms with Crippen LogP contribution in [0.4, 0.5) is 17.2 Å². The topological polar surface area (TPSA) is 90.7 Å². The summed E-state index contributed by atoms with van der Waals surface area (Å²) in [4.78, 5) is 12.6. The average Bonchev–Trinajstić information content (AvgIpc) is 2.68. The lowest BCUT2D eigenvalue weighted by atomic mass is 9.86. The molecule has 1 heterocycles. The maximum Gasteiger partial charge on any atom is 0.276 e. The van der Waals surface area contributed by atoms with E-state index in [1.54, 1.807) is 30.3 Å². The molecule has 1 aromatic heterocycles. The van der Waals surface area contributed by atoms with Crippen molar-refractivity contribution < 1.29 is 4.79 Å². The Kier molecular flexibility index (Phi) is 5.37. The molecule has 0 bridgehead atoms. The third kappa shape index (κ3) is 4.33. The molecule has 140 valence electrons. The van der Waals surface area contributed by atoms with E-state index in [0.717, 1.165) is 11.3 Å². The van der Waals surface area contributed by atoms with Crippen LogP contribution in [-0.4, -0.2) is 16.1 Å². The van der Waals surface area contributed by atoms with Crippen LogP contribution in [0.1, 0.15) is 42.4 Å². The molecule has 0 radical (unpaired) electrons. The summed E-state index contributed by atoms with van der Waals surface area (Å²) in [5, 5.41) is 23.2. The van der Waals surface area contributed by atoms with Gasteiger partial charge in [-0.2, -0.15) is 5.26 Å². The summed E-state index contributed by atoms with van der Waals surface area (Å²) < 4.78 is 0. The quantitative estimate of drug-likeness (QED) is 0.697. The van der Waals surface area contributed by atoms with Gasteiger partial charge in [0.05, 0.1) is 11.3 Å². The van der Waals surface area contributed by atoms with Crippen LogP contribution in [0.25, 0.3) is 0 Å². The van der Waals surface area contributed by atoms with Crippen LogP contribution in [0.3, 0.4) is 0 Å². The van der Waals surface area contributed by atoms with Crippen molar-refractivity contribution in [2.24, 2.45) is 0 Å². The fourth-order valence-corrected chi connectivity index (χ4v) is 2.78. The van der Waals surface area contributed by atoms with Crippen LogP contribution in [-0.2, 0) is 5.41 Å². The molecular weight excluding hydrogens is 350 g/mol. The highest BCUT2D eigenvalue weighted by atomic mass is 16.1. The lowest BCUT2D eigenvalue weighted by Crippen LogP contribution is -2.19. The second kappa shape index (κ2) is 7.89. The van der Waals surface area contributed by atoms with Crippen LogP contribution in [0.5, 0.6) is 0 Å². The van der Waals surface area contributed by atoms with E-state index in [9.17, 15) is 4.79 Å². The van der Waals surface area contributed by atoms with E-state index < -0.39 is 0 Å². The average molecular weight is 371 g/mol. The SMILES string of the molecule is CC(C)(C)c1ccccc1NC(=O)c1ccc(Nc2ccccc2C#N)nn1. The van der Waals surface area contributed by atoms with Crippen molar-refractivity contribution in [2.45, 2.75) is 26.2 Å². The summed E-state index contributed by atoms with van der Waals surface area (Å²) in [6.07, 6.45) is 0. The Bertz CT molecular complexity index is 1030. The second-order valence-electron chi connectivity index (χ2n) is 7.34. The third-order valence-electron chi connectivity index (χ3n) is 4.19. The first-order valence-electron chi connectivity index (χ1n) is 8.89. The summed E-state index contributed by atoms with van der Waals surface area (Å²) in [7, 11) is 0. The Morgan fingerprint density at radius 1 is 0.929 bits per heavy atom. The molecule has 3 rings (SSSR count). The molecule has 1 amide bonds. The van der Waals surface area contributed by atoms with Gasteiger partial charge in [0, 0.05) is 5.69 Å². The number of carbonyl (C=O) groups is 1. The molecule has 0 saturated heterocycles. The zero-order chi connectivity index (χ0) is 20.1. The highest BCUT2D eigenvalue weighted by Gasteiger charge is 2.19. The molecule has 0 aliphatic carbocycles. The van der Waals surface area contributed by atoms with Gasteiger partial charge in [0.25, 0.3) is 5.91 Å². The van der Waals surface area contributed by atoms with Gasteiger partial charge in [-0.1, -0.05) is 51.1 Å². The first-order chi connectivity index (χ1) is 13.4. The number of benzene rings is 2. The zero-order valence-corrected chi connectivity index (χ0v) is 16.0. The number of nitrogens with one attached hydrogen (secondary N) is 2. The molecule has 0 aliphatic rings. The van der Waals surface area contributed by atoms with E-state index in [1.165, 1.54) is 0 Å². The third-order valence-corrected chi connectivity index (χ3v) is 4.19. The lowest BCUT2D eigenvalue weighted by molar-refractivity contribution is 0.102. The molecule has 6 nitrogen and oxygen atoms in total. The Labute approximate surface area is 164 Å². The first-order valence-corrected chi connectivity index (χ1v) is 8.89. The number of hydrogen-bond acceptors (Lipinski definition) is 5. The fraction of sp³-hybridized carbons (Fsp3) is 0.182. The number of hydrogen-bond donors (Lipinski definition) is 2. The molecule has 0 unspecified atom stereocenters. The van der Waals surface area contributed by atoms with Crippen molar-refractivity contribution in [3.63, 3.8) is 0 Å². The molecule has 2 aromatic carbocycles. The van der Waals surface area contributed by atoms with E-state index >= 15 is 0 Å². The predicted octanol–water partition coefficient (Wildman–Crippen LogP) is 4.64. The number of rotatable bonds is 4. The van der Waals surface area contributed by atoms with E-state index in [1.807, 2.05) is 30.3 Å². The highest BCUT2D eigenvalue weighted by Crippen LogP contribution is 2.29. The summed E-state index contributed by atoms with van der Waals surface area (Å²) >= 11 is 0. The highest BCUT2D eigenvalue weighted by molar-refractivity contribution is 6.03. The standard InChI is InChI=1S/C22H21N5O/c1-22(2,3)16-9-5-7-11-18(16)25-21(28)19-12-13-20(27-26-19)24-17-10-6-4-8-15(17)14-23/h4-13H,1-3H3,(H,24,27)(H,25,28). The number of anilines is 3. The van der Waals surface area contributed by atoms with Crippen molar-refractivity contribution >= 4 is 23.1 Å². The molecule has 28 heavy (non-hydrogen) atoms. The van der Waals surface area contributed by atoms with Crippen LogP contribution in [0, 0.1) is 11.3 Å². The monoisotopic (exact) mass is 371 g/mol. The van der Waals surface area contributed by atoms with Crippen LogP contribution >= 0.6 is 0 Å². The molecule has 6 heteroatoms. The second-order valence-corrected chi connectivity index (χ2v) is 7.34. The van der Waals surface area contributed by atoms with Crippen LogP contribution < -0.4 is 10.6 Å². The van der Waals surface area contributed by atoms with Crippen molar-refractivity contribution in [1.82, 2.24) is 10.2 Å². The van der Waals surface area contributed by atoms with Gasteiger partial charge in [0.15, 0.2) is 11.5 Å². The van der Waals surface area contributed by atoms with Crippen molar-refractivity contribution in [1.29, 1.82) is 5.26 Å². The summed E-state index contributed by atoms with van der Waals surface area (Å²) in [5.74, 6) is 0.127. The van der Waals surface area contributed by atoms with Gasteiger partial charge in [-0.05, 0) is 41.3 Å². The number of carbonyl (C=O) groups excluding carboxylic acids is 1.